The average molecular weight is 383 g/mol. The van der Waals surface area contributed by atoms with Crippen molar-refractivity contribution in [3.63, 3.8) is 0 Å². The molecular weight excluding hydrogens is 356 g/mol. The molecule has 0 aliphatic carbocycles. The average Bonchev–Trinajstić information content (AvgIpc) is 3.14. The monoisotopic (exact) mass is 382 g/mol. The number of fused-ring (bicyclic) bond motifs is 1. The zero-order valence-corrected chi connectivity index (χ0v) is 16.5. The van der Waals surface area contributed by atoms with E-state index in [1.165, 1.54) is 0 Å². The molecule has 27 heavy (non-hydrogen) atoms. The number of H-pyrrole nitrogens is 1. The summed E-state index contributed by atoms with van der Waals surface area (Å²) in [5.41, 5.74) is 9.17. The summed E-state index contributed by atoms with van der Waals surface area (Å²) in [5.74, 6) is 1.33. The number of rotatable bonds is 8. The van der Waals surface area contributed by atoms with Crippen molar-refractivity contribution >= 4 is 28.7 Å². The van der Waals surface area contributed by atoms with Crippen LogP contribution in [0.2, 0.25) is 0 Å². The predicted molar refractivity (Wildman–Crippen MR) is 113 cm³/mol. The van der Waals surface area contributed by atoms with Crippen LogP contribution in [0.25, 0.3) is 11.0 Å². The highest BCUT2D eigenvalue weighted by Gasteiger charge is 2.26. The minimum absolute atomic E-state index is 0.0575. The van der Waals surface area contributed by atoms with E-state index in [0.717, 1.165) is 34.6 Å². The quantitative estimate of drug-likeness (QED) is 0.553. The minimum atomic E-state index is -0.344. The number of hydrogen-bond donors (Lipinski definition) is 3. The molecule has 5 nitrogen and oxygen atoms in total. The van der Waals surface area contributed by atoms with Gasteiger partial charge in [0.25, 0.3) is 0 Å². The summed E-state index contributed by atoms with van der Waals surface area (Å²) in [6.45, 7) is 1.87. The largest absolute Gasteiger partial charge is 0.346 e. The maximum atomic E-state index is 12.9. The van der Waals surface area contributed by atoms with E-state index in [1.807, 2.05) is 61.5 Å². The van der Waals surface area contributed by atoms with E-state index in [9.17, 15) is 4.79 Å². The highest BCUT2D eigenvalue weighted by molar-refractivity contribution is 7.98. The number of hydrogen-bond acceptors (Lipinski definition) is 4. The van der Waals surface area contributed by atoms with Crippen molar-refractivity contribution < 1.29 is 4.79 Å². The summed E-state index contributed by atoms with van der Waals surface area (Å²) in [5, 5.41) is 3.15. The zero-order valence-electron chi connectivity index (χ0n) is 15.7. The second-order valence-electron chi connectivity index (χ2n) is 6.71. The van der Waals surface area contributed by atoms with Crippen LogP contribution in [0, 0.1) is 5.92 Å². The van der Waals surface area contributed by atoms with Crippen LogP contribution in [0.1, 0.15) is 36.8 Å². The number of nitrogens with one attached hydrogen (secondary N) is 2. The molecule has 3 unspecified atom stereocenters. The van der Waals surface area contributed by atoms with Crippen LogP contribution in [-0.4, -0.2) is 27.9 Å². The number of imidazole rings is 1. The number of thioether (sulfide) groups is 1. The van der Waals surface area contributed by atoms with Gasteiger partial charge in [-0.25, -0.2) is 4.98 Å². The SMILES string of the molecule is CSCCC(NC(=O)C(C)C(N)c1ccccc1)c1nc2ccccc2[nH]1. The third kappa shape index (κ3) is 4.70. The fourth-order valence-electron chi connectivity index (χ4n) is 3.08. The lowest BCUT2D eigenvalue weighted by Crippen LogP contribution is -2.38. The zero-order chi connectivity index (χ0) is 19.2. The van der Waals surface area contributed by atoms with Crippen LogP contribution in [0.3, 0.4) is 0 Å². The van der Waals surface area contributed by atoms with Gasteiger partial charge in [0, 0.05) is 6.04 Å². The van der Waals surface area contributed by atoms with Crippen LogP contribution < -0.4 is 11.1 Å². The van der Waals surface area contributed by atoms with Crippen LogP contribution in [-0.2, 0) is 4.79 Å². The maximum absolute atomic E-state index is 12.9. The van der Waals surface area contributed by atoms with Gasteiger partial charge in [-0.1, -0.05) is 49.4 Å². The molecule has 142 valence electrons. The lowest BCUT2D eigenvalue weighted by molar-refractivity contribution is -0.126. The molecule has 3 aromatic rings. The summed E-state index contributed by atoms with van der Waals surface area (Å²) in [4.78, 5) is 20.9. The summed E-state index contributed by atoms with van der Waals surface area (Å²) < 4.78 is 0. The molecule has 0 saturated heterocycles. The molecule has 0 aliphatic rings. The van der Waals surface area contributed by atoms with Gasteiger partial charge in [0.1, 0.15) is 5.82 Å². The molecule has 0 aliphatic heterocycles. The van der Waals surface area contributed by atoms with Gasteiger partial charge in [0.05, 0.1) is 23.0 Å². The Morgan fingerprint density at radius 3 is 2.59 bits per heavy atom. The molecule has 0 fully saturated rings. The van der Waals surface area contributed by atoms with Crippen molar-refractivity contribution in [1.82, 2.24) is 15.3 Å². The lowest BCUT2D eigenvalue weighted by Gasteiger charge is -2.23. The Morgan fingerprint density at radius 1 is 1.19 bits per heavy atom. The molecule has 1 heterocycles. The first-order valence-corrected chi connectivity index (χ1v) is 10.5. The summed E-state index contributed by atoms with van der Waals surface area (Å²) >= 11 is 1.75. The normalized spacial score (nSPS) is 14.6. The smallest absolute Gasteiger partial charge is 0.225 e. The number of carbonyl (C=O) groups excluding carboxylic acids is 1. The lowest BCUT2D eigenvalue weighted by atomic mass is 9.94. The Labute approximate surface area is 164 Å². The number of nitrogens with zero attached hydrogens (tertiary/aromatic N) is 1. The fraction of sp³-hybridized carbons (Fsp3) is 0.333. The van der Waals surface area contributed by atoms with Gasteiger partial charge < -0.3 is 16.0 Å². The van der Waals surface area contributed by atoms with E-state index in [1.54, 1.807) is 11.8 Å². The van der Waals surface area contributed by atoms with Crippen LogP contribution in [0.4, 0.5) is 0 Å². The number of amides is 1. The minimum Gasteiger partial charge on any atom is -0.346 e. The van der Waals surface area contributed by atoms with Gasteiger partial charge in [0.2, 0.25) is 5.91 Å². The number of aromatic nitrogens is 2. The van der Waals surface area contributed by atoms with Gasteiger partial charge in [-0.3, -0.25) is 4.79 Å². The van der Waals surface area contributed by atoms with E-state index in [4.69, 9.17) is 5.73 Å². The number of carbonyl (C=O) groups is 1. The maximum Gasteiger partial charge on any atom is 0.225 e. The molecule has 2 aromatic carbocycles. The number of aromatic amines is 1. The van der Waals surface area contributed by atoms with Crippen LogP contribution in [0.5, 0.6) is 0 Å². The first-order chi connectivity index (χ1) is 13.1. The van der Waals surface area contributed by atoms with Crippen LogP contribution >= 0.6 is 11.8 Å². The second kappa shape index (κ2) is 9.06. The Bertz CT molecular complexity index is 847. The Morgan fingerprint density at radius 2 is 1.89 bits per heavy atom. The fourth-order valence-corrected chi connectivity index (χ4v) is 3.55. The highest BCUT2D eigenvalue weighted by Crippen LogP contribution is 2.23. The third-order valence-electron chi connectivity index (χ3n) is 4.80. The van der Waals surface area contributed by atoms with Crippen molar-refractivity contribution in [2.75, 3.05) is 12.0 Å². The molecular formula is C21H26N4OS. The Kier molecular flexibility index (Phi) is 6.53. The molecule has 1 amide bonds. The van der Waals surface area contributed by atoms with Gasteiger partial charge >= 0.3 is 0 Å². The third-order valence-corrected chi connectivity index (χ3v) is 5.45. The molecule has 3 atom stereocenters. The summed E-state index contributed by atoms with van der Waals surface area (Å²) in [7, 11) is 0. The Hall–Kier alpha value is -2.31. The first kappa shape index (κ1) is 19.5. The van der Waals surface area contributed by atoms with Crippen molar-refractivity contribution in [3.05, 3.63) is 66.0 Å². The summed E-state index contributed by atoms with van der Waals surface area (Å²) in [6, 6.07) is 17.1. The van der Waals surface area contributed by atoms with Crippen molar-refractivity contribution in [1.29, 1.82) is 0 Å². The number of para-hydroxylation sites is 2. The van der Waals surface area contributed by atoms with E-state index >= 15 is 0 Å². The molecule has 4 N–H and O–H groups in total. The topological polar surface area (TPSA) is 83.8 Å². The van der Waals surface area contributed by atoms with Crippen molar-refractivity contribution in [2.24, 2.45) is 11.7 Å². The molecule has 0 saturated carbocycles. The molecule has 1 aromatic heterocycles. The second-order valence-corrected chi connectivity index (χ2v) is 7.69. The van der Waals surface area contributed by atoms with Crippen molar-refractivity contribution in [3.8, 4) is 0 Å². The molecule has 3 rings (SSSR count). The Balaban J connectivity index is 1.76. The predicted octanol–water partition coefficient (Wildman–Crippen LogP) is 3.81. The van der Waals surface area contributed by atoms with E-state index in [-0.39, 0.29) is 23.9 Å². The first-order valence-electron chi connectivity index (χ1n) is 9.14. The van der Waals surface area contributed by atoms with Gasteiger partial charge in [0.15, 0.2) is 0 Å². The number of benzene rings is 2. The van der Waals surface area contributed by atoms with E-state index < -0.39 is 0 Å². The van der Waals surface area contributed by atoms with E-state index in [0.29, 0.717) is 0 Å². The molecule has 0 radical (unpaired) electrons. The highest BCUT2D eigenvalue weighted by atomic mass is 32.2. The van der Waals surface area contributed by atoms with Gasteiger partial charge in [-0.15, -0.1) is 0 Å². The molecule has 0 spiro atoms. The van der Waals surface area contributed by atoms with Crippen LogP contribution in [0.15, 0.2) is 54.6 Å². The molecule has 6 heteroatoms. The molecule has 0 bridgehead atoms. The van der Waals surface area contributed by atoms with E-state index in [2.05, 4.69) is 21.5 Å². The van der Waals surface area contributed by atoms with Gasteiger partial charge in [-0.05, 0) is 36.1 Å². The standard InChI is InChI=1S/C21H26N4OS/c1-14(19(22)15-8-4-3-5-9-15)21(26)25-18(12-13-27-2)20-23-16-10-6-7-11-17(16)24-20/h3-11,14,18-19H,12-13,22H2,1-2H3,(H,23,24)(H,25,26). The van der Waals surface area contributed by atoms with Crippen molar-refractivity contribution in [2.45, 2.75) is 25.4 Å². The van der Waals surface area contributed by atoms with Gasteiger partial charge in [-0.2, -0.15) is 11.8 Å². The number of nitrogens with two attached hydrogens (primary N) is 1. The summed E-state index contributed by atoms with van der Waals surface area (Å²) in [6.07, 6.45) is 2.87.